The molecule has 9 heteroatoms. The number of amides is 1. The van der Waals surface area contributed by atoms with Crippen LogP contribution in [-0.4, -0.2) is 34.7 Å². The van der Waals surface area contributed by atoms with E-state index in [0.29, 0.717) is 33.2 Å². The summed E-state index contributed by atoms with van der Waals surface area (Å²) in [5.41, 5.74) is 2.69. The van der Waals surface area contributed by atoms with Crippen LogP contribution >= 0.6 is 11.6 Å². The molecule has 33 heavy (non-hydrogen) atoms. The minimum absolute atomic E-state index is 0.152. The number of methoxy groups -OCH3 is 1. The molecule has 2 heterocycles. The standard InChI is InChI=1S/C24H21ClFN3O4/c1-3-33-24(31)21-13-20-19(10-11-28(20)17-7-5-16(26)6-8-17)29(21)14-23(30)27-18-12-15(25)4-9-22(18)32-2/h4-13H,3,14H2,1-2H3,(H,27,30). The van der Waals surface area contributed by atoms with Crippen LogP contribution in [0.2, 0.25) is 5.02 Å². The van der Waals surface area contributed by atoms with Crippen LogP contribution < -0.4 is 10.1 Å². The topological polar surface area (TPSA) is 74.5 Å². The van der Waals surface area contributed by atoms with Crippen LogP contribution in [0.25, 0.3) is 16.7 Å². The first-order valence-corrected chi connectivity index (χ1v) is 10.6. The predicted molar refractivity (Wildman–Crippen MR) is 124 cm³/mol. The summed E-state index contributed by atoms with van der Waals surface area (Å²) in [6, 6.07) is 14.3. The Balaban J connectivity index is 1.72. The van der Waals surface area contributed by atoms with E-state index in [4.69, 9.17) is 21.1 Å². The highest BCUT2D eigenvalue weighted by Gasteiger charge is 2.21. The molecule has 0 fully saturated rings. The van der Waals surface area contributed by atoms with Crippen molar-refractivity contribution in [2.24, 2.45) is 0 Å². The summed E-state index contributed by atoms with van der Waals surface area (Å²) in [5, 5.41) is 3.22. The maximum absolute atomic E-state index is 13.4. The molecular formula is C24H21ClFN3O4. The van der Waals surface area contributed by atoms with E-state index < -0.39 is 5.97 Å². The monoisotopic (exact) mass is 469 g/mol. The highest BCUT2D eigenvalue weighted by molar-refractivity contribution is 6.31. The SMILES string of the molecule is CCOC(=O)c1cc2c(ccn2-c2ccc(F)cc2)n1CC(=O)Nc1cc(Cl)ccc1OC. The van der Waals surface area contributed by atoms with E-state index in [0.717, 1.165) is 0 Å². The van der Waals surface area contributed by atoms with Crippen LogP contribution in [0.4, 0.5) is 10.1 Å². The number of nitrogens with one attached hydrogen (secondary N) is 1. The van der Waals surface area contributed by atoms with Gasteiger partial charge in [-0.3, -0.25) is 4.79 Å². The third-order valence-corrected chi connectivity index (χ3v) is 5.32. The Bertz CT molecular complexity index is 1330. The molecule has 170 valence electrons. The number of rotatable bonds is 7. The van der Waals surface area contributed by atoms with Crippen molar-refractivity contribution in [2.45, 2.75) is 13.5 Å². The van der Waals surface area contributed by atoms with Crippen molar-refractivity contribution < 1.29 is 23.5 Å². The van der Waals surface area contributed by atoms with Crippen LogP contribution in [-0.2, 0) is 16.1 Å². The summed E-state index contributed by atoms with van der Waals surface area (Å²) in [6.07, 6.45) is 1.79. The van der Waals surface area contributed by atoms with Crippen LogP contribution in [0.3, 0.4) is 0 Å². The molecule has 0 unspecified atom stereocenters. The molecule has 1 amide bonds. The van der Waals surface area contributed by atoms with Crippen molar-refractivity contribution in [1.82, 2.24) is 9.13 Å². The fraction of sp³-hybridized carbons (Fsp3) is 0.167. The minimum Gasteiger partial charge on any atom is -0.495 e. The highest BCUT2D eigenvalue weighted by Crippen LogP contribution is 2.29. The number of fused-ring (bicyclic) bond motifs is 1. The molecule has 0 aliphatic heterocycles. The zero-order chi connectivity index (χ0) is 23.5. The van der Waals surface area contributed by atoms with Gasteiger partial charge in [-0.2, -0.15) is 0 Å². The van der Waals surface area contributed by atoms with Crippen molar-refractivity contribution in [2.75, 3.05) is 19.0 Å². The van der Waals surface area contributed by atoms with Crippen molar-refractivity contribution >= 4 is 40.2 Å². The van der Waals surface area contributed by atoms with Crippen LogP contribution in [0.5, 0.6) is 5.75 Å². The molecule has 0 bridgehead atoms. The molecule has 0 radical (unpaired) electrons. The number of esters is 1. The number of halogens is 2. The van der Waals surface area contributed by atoms with Gasteiger partial charge >= 0.3 is 5.97 Å². The molecule has 2 aromatic heterocycles. The molecule has 0 spiro atoms. The molecule has 0 saturated carbocycles. The number of nitrogens with zero attached hydrogens (tertiary/aromatic N) is 2. The molecule has 0 aliphatic carbocycles. The van der Waals surface area contributed by atoms with E-state index in [-0.39, 0.29) is 30.6 Å². The number of carbonyl (C=O) groups is 2. The lowest BCUT2D eigenvalue weighted by atomic mass is 10.3. The van der Waals surface area contributed by atoms with Crippen molar-refractivity contribution in [3.8, 4) is 11.4 Å². The molecule has 0 atom stereocenters. The highest BCUT2D eigenvalue weighted by atomic mass is 35.5. The summed E-state index contributed by atoms with van der Waals surface area (Å²) in [4.78, 5) is 25.6. The number of ether oxygens (including phenoxy) is 2. The van der Waals surface area contributed by atoms with Gasteiger partial charge in [0.25, 0.3) is 0 Å². The van der Waals surface area contributed by atoms with Crippen LogP contribution in [0, 0.1) is 5.82 Å². The van der Waals surface area contributed by atoms with Gasteiger partial charge in [0.05, 0.1) is 30.4 Å². The molecule has 0 aliphatic rings. The van der Waals surface area contributed by atoms with Gasteiger partial charge < -0.3 is 23.9 Å². The van der Waals surface area contributed by atoms with Gasteiger partial charge in [-0.05, 0) is 61.5 Å². The second-order valence-electron chi connectivity index (χ2n) is 7.16. The normalized spacial score (nSPS) is 10.9. The summed E-state index contributed by atoms with van der Waals surface area (Å²) in [7, 11) is 1.49. The predicted octanol–water partition coefficient (Wildman–Crippen LogP) is 5.05. The average Bonchev–Trinajstić information content (AvgIpc) is 3.35. The number of benzene rings is 2. The van der Waals surface area contributed by atoms with Crippen molar-refractivity contribution in [3.05, 3.63) is 77.3 Å². The smallest absolute Gasteiger partial charge is 0.355 e. The fourth-order valence-corrected chi connectivity index (χ4v) is 3.80. The number of carbonyl (C=O) groups excluding carboxylic acids is 2. The third kappa shape index (κ3) is 4.56. The van der Waals surface area contributed by atoms with E-state index in [9.17, 15) is 14.0 Å². The Kier molecular flexibility index (Phi) is 6.37. The number of aromatic nitrogens is 2. The molecular weight excluding hydrogens is 449 g/mol. The first-order valence-electron chi connectivity index (χ1n) is 10.2. The lowest BCUT2D eigenvalue weighted by Crippen LogP contribution is -2.22. The summed E-state index contributed by atoms with van der Waals surface area (Å²) < 4.78 is 27.2. The Labute approximate surface area is 194 Å². The molecule has 0 saturated heterocycles. The lowest BCUT2D eigenvalue weighted by Gasteiger charge is -2.12. The number of hydrogen-bond donors (Lipinski definition) is 1. The maximum Gasteiger partial charge on any atom is 0.355 e. The largest absolute Gasteiger partial charge is 0.495 e. The summed E-state index contributed by atoms with van der Waals surface area (Å²) >= 11 is 6.05. The van der Waals surface area contributed by atoms with E-state index in [2.05, 4.69) is 5.32 Å². The summed E-state index contributed by atoms with van der Waals surface area (Å²) in [6.45, 7) is 1.75. The maximum atomic E-state index is 13.4. The Morgan fingerprint density at radius 3 is 2.52 bits per heavy atom. The minimum atomic E-state index is -0.549. The first-order chi connectivity index (χ1) is 15.9. The van der Waals surface area contributed by atoms with Gasteiger partial charge in [0.2, 0.25) is 5.91 Å². The molecule has 1 N–H and O–H groups in total. The van der Waals surface area contributed by atoms with Gasteiger partial charge in [-0.15, -0.1) is 0 Å². The van der Waals surface area contributed by atoms with Gasteiger partial charge in [-0.25, -0.2) is 9.18 Å². The van der Waals surface area contributed by atoms with Gasteiger partial charge in [-0.1, -0.05) is 11.6 Å². The zero-order valence-corrected chi connectivity index (χ0v) is 18.7. The van der Waals surface area contributed by atoms with E-state index in [1.165, 1.54) is 19.2 Å². The second-order valence-corrected chi connectivity index (χ2v) is 7.60. The van der Waals surface area contributed by atoms with Gasteiger partial charge in [0, 0.05) is 16.9 Å². The zero-order valence-electron chi connectivity index (χ0n) is 18.0. The van der Waals surface area contributed by atoms with E-state index in [1.807, 2.05) is 4.57 Å². The first kappa shape index (κ1) is 22.4. The van der Waals surface area contributed by atoms with Gasteiger partial charge in [0.1, 0.15) is 23.8 Å². The van der Waals surface area contributed by atoms with E-state index >= 15 is 0 Å². The van der Waals surface area contributed by atoms with Gasteiger partial charge in [0.15, 0.2) is 0 Å². The van der Waals surface area contributed by atoms with Crippen LogP contribution in [0.15, 0.2) is 60.8 Å². The Morgan fingerprint density at radius 2 is 1.82 bits per heavy atom. The van der Waals surface area contributed by atoms with E-state index in [1.54, 1.807) is 60.2 Å². The second kappa shape index (κ2) is 9.38. The molecule has 4 aromatic rings. The molecule has 2 aromatic carbocycles. The number of anilines is 1. The van der Waals surface area contributed by atoms with Crippen LogP contribution in [0.1, 0.15) is 17.4 Å². The fourth-order valence-electron chi connectivity index (χ4n) is 3.63. The lowest BCUT2D eigenvalue weighted by molar-refractivity contribution is -0.116. The number of hydrogen-bond acceptors (Lipinski definition) is 4. The average molecular weight is 470 g/mol. The third-order valence-electron chi connectivity index (χ3n) is 5.09. The molecule has 7 nitrogen and oxygen atoms in total. The quantitative estimate of drug-likeness (QED) is 0.384. The Morgan fingerprint density at radius 1 is 1.06 bits per heavy atom. The van der Waals surface area contributed by atoms with Crippen molar-refractivity contribution in [1.29, 1.82) is 0 Å². The Hall–Kier alpha value is -3.78. The van der Waals surface area contributed by atoms with Crippen molar-refractivity contribution in [3.63, 3.8) is 0 Å². The summed E-state index contributed by atoms with van der Waals surface area (Å²) in [5.74, 6) is -0.820. The molecule has 4 rings (SSSR count).